The Morgan fingerprint density at radius 1 is 1.14 bits per heavy atom. The number of fused-ring (bicyclic) bond motifs is 1. The van der Waals surface area contributed by atoms with Crippen molar-refractivity contribution in [3.63, 3.8) is 0 Å². The number of ether oxygens (including phenoxy) is 1. The molecule has 3 fully saturated rings. The maximum atomic E-state index is 13.9. The number of hydrogen-bond donors (Lipinski definition) is 2. The second-order valence-corrected chi connectivity index (χ2v) is 14.3. The Balaban J connectivity index is 1.37. The highest BCUT2D eigenvalue weighted by molar-refractivity contribution is 7.91. The van der Waals surface area contributed by atoms with Gasteiger partial charge in [-0.25, -0.2) is 13.4 Å². The van der Waals surface area contributed by atoms with E-state index in [0.29, 0.717) is 30.3 Å². The van der Waals surface area contributed by atoms with Crippen LogP contribution in [0.15, 0.2) is 49.6 Å². The number of hydrogen-bond acceptors (Lipinski definition) is 8. The standard InChI is InChI=1S/C31H38ClN5O6S/c1-4-6-7-10-15-37(3)28(39)24-17-20(43-27-22-11-8-9-12-25(22)33-30(32)34-27)16-23(24)26(38)35-31(18-19(31)5-2)29(40)36-44(41,42)21-13-14-21/h4-5,8-9,11-12,19-21,23-24H,1-2,6-7,10,13-18H2,3H3,(H,35,38)(H,36,40)/t19-,20-,23-,24-,31-/m1/s1. The van der Waals surface area contributed by atoms with Gasteiger partial charge in [0.1, 0.15) is 11.6 Å². The number of amides is 3. The molecule has 1 heterocycles. The molecule has 0 bridgehead atoms. The van der Waals surface area contributed by atoms with Gasteiger partial charge in [0.15, 0.2) is 0 Å². The molecular formula is C31H38ClN5O6S. The SMILES string of the molecule is C=CCCCCN(C)C(=O)[C@@H]1C[C@H](Oc2nc(Cl)nc3ccccc23)C[C@H]1C(=O)N[C@]1(C(=O)NS(=O)(=O)C2CC2)C[C@H]1C=C. The molecule has 2 aromatic rings. The number of nitrogens with zero attached hydrogens (tertiary/aromatic N) is 3. The molecule has 13 heteroatoms. The molecule has 236 valence electrons. The number of sulfonamides is 1. The van der Waals surface area contributed by atoms with E-state index < -0.39 is 56.5 Å². The lowest BCUT2D eigenvalue weighted by Gasteiger charge is -2.26. The van der Waals surface area contributed by atoms with E-state index in [9.17, 15) is 22.8 Å². The lowest BCUT2D eigenvalue weighted by atomic mass is 9.93. The van der Waals surface area contributed by atoms with Crippen molar-refractivity contribution in [3.8, 4) is 5.88 Å². The molecule has 0 saturated heterocycles. The summed E-state index contributed by atoms with van der Waals surface area (Å²) in [6, 6.07) is 7.24. The zero-order chi connectivity index (χ0) is 31.6. The average Bonchev–Trinajstić information content (AvgIpc) is 3.91. The van der Waals surface area contributed by atoms with E-state index in [-0.39, 0.29) is 36.3 Å². The van der Waals surface area contributed by atoms with Crippen molar-refractivity contribution in [2.75, 3.05) is 13.6 Å². The maximum absolute atomic E-state index is 13.9. The van der Waals surface area contributed by atoms with Crippen molar-refractivity contribution in [2.24, 2.45) is 17.8 Å². The molecule has 11 nitrogen and oxygen atoms in total. The van der Waals surface area contributed by atoms with Gasteiger partial charge in [-0.1, -0.05) is 24.3 Å². The highest BCUT2D eigenvalue weighted by atomic mass is 35.5. The van der Waals surface area contributed by atoms with E-state index >= 15 is 0 Å². The molecule has 0 spiro atoms. The molecule has 3 aliphatic carbocycles. The summed E-state index contributed by atoms with van der Waals surface area (Å²) in [5, 5.41) is 2.89. The largest absolute Gasteiger partial charge is 0.474 e. The lowest BCUT2D eigenvalue weighted by Crippen LogP contribution is -2.54. The number of allylic oxidation sites excluding steroid dienone is 1. The Morgan fingerprint density at radius 3 is 2.55 bits per heavy atom. The zero-order valence-corrected chi connectivity index (χ0v) is 26.3. The van der Waals surface area contributed by atoms with Crippen molar-refractivity contribution < 1.29 is 27.5 Å². The van der Waals surface area contributed by atoms with Gasteiger partial charge >= 0.3 is 0 Å². The highest BCUT2D eigenvalue weighted by Crippen LogP contribution is 2.46. The molecule has 1 aromatic carbocycles. The van der Waals surface area contributed by atoms with Gasteiger partial charge in [-0.3, -0.25) is 19.1 Å². The Hall–Kier alpha value is -3.51. The quantitative estimate of drug-likeness (QED) is 0.180. The summed E-state index contributed by atoms with van der Waals surface area (Å²) in [7, 11) is -2.11. The maximum Gasteiger partial charge on any atom is 0.259 e. The first-order chi connectivity index (χ1) is 21.0. The monoisotopic (exact) mass is 643 g/mol. The Labute approximate surface area is 262 Å². The van der Waals surface area contributed by atoms with Gasteiger partial charge in [-0.2, -0.15) is 4.98 Å². The number of rotatable bonds is 14. The second kappa shape index (κ2) is 12.8. The van der Waals surface area contributed by atoms with Gasteiger partial charge in [0, 0.05) is 19.5 Å². The summed E-state index contributed by atoms with van der Waals surface area (Å²) in [6.45, 7) is 8.01. The van der Waals surface area contributed by atoms with Gasteiger partial charge in [-0.15, -0.1) is 13.2 Å². The fourth-order valence-corrected chi connectivity index (χ4v) is 7.51. The van der Waals surface area contributed by atoms with E-state index in [1.807, 2.05) is 18.2 Å². The van der Waals surface area contributed by atoms with Crippen LogP contribution in [0.1, 0.15) is 51.4 Å². The smallest absolute Gasteiger partial charge is 0.259 e. The summed E-state index contributed by atoms with van der Waals surface area (Å²) < 4.78 is 33.5. The Bertz CT molecular complexity index is 1580. The van der Waals surface area contributed by atoms with E-state index in [1.165, 1.54) is 6.08 Å². The van der Waals surface area contributed by atoms with Crippen LogP contribution in [-0.4, -0.2) is 71.5 Å². The normalized spacial score (nSPS) is 26.0. The second-order valence-electron chi connectivity index (χ2n) is 12.0. The molecule has 0 aliphatic heterocycles. The van der Waals surface area contributed by atoms with Gasteiger partial charge in [0.2, 0.25) is 33.0 Å². The fourth-order valence-electron chi connectivity index (χ4n) is 5.98. The van der Waals surface area contributed by atoms with Crippen LogP contribution in [-0.2, 0) is 24.4 Å². The lowest BCUT2D eigenvalue weighted by molar-refractivity contribution is -0.140. The third-order valence-corrected chi connectivity index (χ3v) is 10.8. The minimum absolute atomic E-state index is 0.0104. The molecule has 44 heavy (non-hydrogen) atoms. The van der Waals surface area contributed by atoms with Crippen molar-refractivity contribution in [1.82, 2.24) is 24.9 Å². The number of carbonyl (C=O) groups is 3. The summed E-state index contributed by atoms with van der Waals surface area (Å²) in [4.78, 5) is 51.1. The highest BCUT2D eigenvalue weighted by Gasteiger charge is 2.62. The van der Waals surface area contributed by atoms with E-state index in [1.54, 1.807) is 24.1 Å². The van der Waals surface area contributed by atoms with Crippen LogP contribution in [0, 0.1) is 17.8 Å². The molecule has 1 aromatic heterocycles. The molecule has 3 saturated carbocycles. The molecule has 5 atom stereocenters. The molecule has 2 N–H and O–H groups in total. The van der Waals surface area contributed by atoms with Crippen LogP contribution in [0.3, 0.4) is 0 Å². The molecule has 0 unspecified atom stereocenters. The Morgan fingerprint density at radius 2 is 1.86 bits per heavy atom. The molecule has 0 radical (unpaired) electrons. The number of benzene rings is 1. The molecule has 3 aliphatic rings. The molecular weight excluding hydrogens is 606 g/mol. The number of para-hydroxylation sites is 1. The number of nitrogens with one attached hydrogen (secondary N) is 2. The van der Waals surface area contributed by atoms with Crippen molar-refractivity contribution in [1.29, 1.82) is 0 Å². The van der Waals surface area contributed by atoms with Crippen LogP contribution in [0.25, 0.3) is 10.9 Å². The van der Waals surface area contributed by atoms with Crippen LogP contribution in [0.4, 0.5) is 0 Å². The van der Waals surface area contributed by atoms with Gasteiger partial charge < -0.3 is 15.0 Å². The first-order valence-corrected chi connectivity index (χ1v) is 16.9. The van der Waals surface area contributed by atoms with E-state index in [0.717, 1.165) is 19.3 Å². The predicted octanol–water partition coefficient (Wildman–Crippen LogP) is 3.54. The van der Waals surface area contributed by atoms with Gasteiger partial charge in [0.05, 0.1) is 28.0 Å². The molecule has 3 amide bonds. The summed E-state index contributed by atoms with van der Waals surface area (Å²) in [5.41, 5.74) is -0.847. The first kappa shape index (κ1) is 31.9. The van der Waals surface area contributed by atoms with Crippen LogP contribution in [0.5, 0.6) is 5.88 Å². The zero-order valence-electron chi connectivity index (χ0n) is 24.7. The number of carbonyl (C=O) groups excluding carboxylic acids is 3. The minimum Gasteiger partial charge on any atom is -0.474 e. The van der Waals surface area contributed by atoms with E-state index in [2.05, 4.69) is 33.2 Å². The topological polar surface area (TPSA) is 148 Å². The number of halogens is 1. The number of aromatic nitrogens is 2. The van der Waals surface area contributed by atoms with Crippen molar-refractivity contribution in [2.45, 2.75) is 68.3 Å². The van der Waals surface area contributed by atoms with Gasteiger partial charge in [0.25, 0.3) is 5.91 Å². The van der Waals surface area contributed by atoms with Crippen molar-refractivity contribution in [3.05, 3.63) is 54.9 Å². The predicted molar refractivity (Wildman–Crippen MR) is 166 cm³/mol. The van der Waals surface area contributed by atoms with Crippen LogP contribution in [0.2, 0.25) is 5.28 Å². The summed E-state index contributed by atoms with van der Waals surface area (Å²) >= 11 is 6.16. The first-order valence-electron chi connectivity index (χ1n) is 14.9. The number of unbranched alkanes of at least 4 members (excludes halogenated alkanes) is 2. The summed E-state index contributed by atoms with van der Waals surface area (Å²) in [6.07, 6.45) is 6.94. The average molecular weight is 644 g/mol. The fraction of sp³-hybridized carbons (Fsp3) is 0.516. The third kappa shape index (κ3) is 6.76. The molecule has 5 rings (SSSR count). The van der Waals surface area contributed by atoms with E-state index in [4.69, 9.17) is 16.3 Å². The van der Waals surface area contributed by atoms with Crippen LogP contribution >= 0.6 is 11.6 Å². The van der Waals surface area contributed by atoms with Crippen molar-refractivity contribution >= 4 is 50.2 Å². The van der Waals surface area contributed by atoms with Gasteiger partial charge in [-0.05, 0) is 75.1 Å². The summed E-state index contributed by atoms with van der Waals surface area (Å²) in [5.74, 6) is -3.24. The minimum atomic E-state index is -3.82. The third-order valence-electron chi connectivity index (χ3n) is 8.77. The Kier molecular flexibility index (Phi) is 9.31. The van der Waals surface area contributed by atoms with Crippen LogP contribution < -0.4 is 14.8 Å².